The summed E-state index contributed by atoms with van der Waals surface area (Å²) in [5, 5.41) is 13.1. The van der Waals surface area contributed by atoms with Gasteiger partial charge in [-0.3, -0.25) is 14.9 Å². The molecule has 0 fully saturated rings. The molecule has 2 rings (SSSR count). The molecule has 0 saturated heterocycles. The molecule has 0 aliphatic heterocycles. The van der Waals surface area contributed by atoms with Crippen LogP contribution in [0.3, 0.4) is 0 Å². The molecular formula is C13H9BrFN3O3. The van der Waals surface area contributed by atoms with Crippen molar-refractivity contribution >= 4 is 38.9 Å². The summed E-state index contributed by atoms with van der Waals surface area (Å²) in [6, 6.07) is 7.79. The summed E-state index contributed by atoms with van der Waals surface area (Å²) >= 11 is 3.22. The van der Waals surface area contributed by atoms with Crippen molar-refractivity contribution in [3.8, 4) is 0 Å². The van der Waals surface area contributed by atoms with Crippen LogP contribution in [0.4, 0.5) is 21.5 Å². The Morgan fingerprint density at radius 2 is 2.00 bits per heavy atom. The third kappa shape index (κ3) is 3.34. The van der Waals surface area contributed by atoms with Crippen LogP contribution in [-0.2, 0) is 0 Å². The first-order chi connectivity index (χ1) is 9.88. The summed E-state index contributed by atoms with van der Waals surface area (Å²) in [6.07, 6.45) is 0. The smallest absolute Gasteiger partial charge is 0.306 e. The summed E-state index contributed by atoms with van der Waals surface area (Å²) < 4.78 is 13.9. The highest BCUT2D eigenvalue weighted by Gasteiger charge is 2.16. The molecule has 2 aromatic rings. The number of nitrogens with one attached hydrogen (secondary N) is 1. The van der Waals surface area contributed by atoms with Crippen LogP contribution in [0.1, 0.15) is 10.4 Å². The molecule has 0 unspecified atom stereocenters. The highest BCUT2D eigenvalue weighted by atomic mass is 79.9. The fourth-order valence-corrected chi connectivity index (χ4v) is 2.05. The van der Waals surface area contributed by atoms with Gasteiger partial charge in [-0.25, -0.2) is 0 Å². The zero-order chi connectivity index (χ0) is 15.6. The maximum Gasteiger partial charge on any atom is 0.306 e. The number of nitrogens with two attached hydrogens (primary N) is 1. The summed E-state index contributed by atoms with van der Waals surface area (Å²) in [4.78, 5) is 21.8. The minimum atomic E-state index is -0.971. The zero-order valence-corrected chi connectivity index (χ0v) is 12.1. The van der Waals surface area contributed by atoms with Crippen LogP contribution in [0.15, 0.2) is 40.9 Å². The number of carbonyl (C=O) groups is 1. The van der Waals surface area contributed by atoms with Crippen LogP contribution >= 0.6 is 15.9 Å². The average molecular weight is 354 g/mol. The molecular weight excluding hydrogens is 345 g/mol. The minimum Gasteiger partial charge on any atom is -0.398 e. The van der Waals surface area contributed by atoms with Gasteiger partial charge in [0.05, 0.1) is 10.5 Å². The molecule has 6 nitrogen and oxygen atoms in total. The number of anilines is 2. The average Bonchev–Trinajstić information content (AvgIpc) is 2.40. The highest BCUT2D eigenvalue weighted by molar-refractivity contribution is 9.10. The number of hydrogen-bond donors (Lipinski definition) is 2. The van der Waals surface area contributed by atoms with Gasteiger partial charge in [0.1, 0.15) is 0 Å². The van der Waals surface area contributed by atoms with Gasteiger partial charge in [-0.2, -0.15) is 4.39 Å². The third-order valence-electron chi connectivity index (χ3n) is 2.66. The summed E-state index contributed by atoms with van der Waals surface area (Å²) in [5.74, 6) is -1.51. The number of halogens is 2. The Balaban J connectivity index is 2.27. The normalized spacial score (nSPS) is 10.2. The largest absolute Gasteiger partial charge is 0.398 e. The third-order valence-corrected chi connectivity index (χ3v) is 3.15. The molecule has 1 amide bonds. The second kappa shape index (κ2) is 5.88. The fourth-order valence-electron chi connectivity index (χ4n) is 1.67. The second-order valence-corrected chi connectivity index (χ2v) is 5.02. The Bertz CT molecular complexity index is 737. The number of amides is 1. The quantitative estimate of drug-likeness (QED) is 0.502. The fraction of sp³-hybridized carbons (Fsp3) is 0. The molecule has 0 atom stereocenters. The number of hydrogen-bond acceptors (Lipinski definition) is 4. The first kappa shape index (κ1) is 14.9. The minimum absolute atomic E-state index is 0.107. The SMILES string of the molecule is Nc1cc(Br)ccc1C(=O)Nc1ccc(F)c([N+](=O)[O-])c1. The molecule has 0 bridgehead atoms. The molecule has 0 radical (unpaired) electrons. The van der Waals surface area contributed by atoms with Crippen LogP contribution < -0.4 is 11.1 Å². The molecule has 8 heteroatoms. The number of carbonyl (C=O) groups excluding carboxylic acids is 1. The van der Waals surface area contributed by atoms with Gasteiger partial charge >= 0.3 is 5.69 Å². The van der Waals surface area contributed by atoms with E-state index in [1.54, 1.807) is 12.1 Å². The Kier molecular flexibility index (Phi) is 4.18. The van der Waals surface area contributed by atoms with Gasteiger partial charge in [0.15, 0.2) is 0 Å². The zero-order valence-electron chi connectivity index (χ0n) is 10.5. The molecule has 0 aliphatic carbocycles. The monoisotopic (exact) mass is 353 g/mol. The molecule has 0 heterocycles. The Morgan fingerprint density at radius 1 is 1.29 bits per heavy atom. The number of nitrogens with zero attached hydrogens (tertiary/aromatic N) is 1. The maximum absolute atomic E-state index is 13.2. The van der Waals surface area contributed by atoms with E-state index in [-0.39, 0.29) is 16.9 Å². The molecule has 108 valence electrons. The van der Waals surface area contributed by atoms with Gasteiger partial charge in [-0.1, -0.05) is 15.9 Å². The molecule has 0 aromatic heterocycles. The second-order valence-electron chi connectivity index (χ2n) is 4.11. The first-order valence-electron chi connectivity index (χ1n) is 5.69. The molecule has 3 N–H and O–H groups in total. The molecule has 0 aliphatic rings. The summed E-state index contributed by atoms with van der Waals surface area (Å²) in [5.41, 5.74) is 5.58. The van der Waals surface area contributed by atoms with E-state index in [1.807, 2.05) is 0 Å². The number of nitro benzene ring substituents is 1. The molecule has 0 saturated carbocycles. The van der Waals surface area contributed by atoms with Crippen molar-refractivity contribution in [2.45, 2.75) is 0 Å². The van der Waals surface area contributed by atoms with Crippen molar-refractivity contribution in [2.24, 2.45) is 0 Å². The predicted octanol–water partition coefficient (Wildman–Crippen LogP) is 3.33. The van der Waals surface area contributed by atoms with Crippen molar-refractivity contribution in [2.75, 3.05) is 11.1 Å². The van der Waals surface area contributed by atoms with Gasteiger partial charge < -0.3 is 11.1 Å². The van der Waals surface area contributed by atoms with Crippen LogP contribution in [-0.4, -0.2) is 10.8 Å². The highest BCUT2D eigenvalue weighted by Crippen LogP contribution is 2.23. The summed E-state index contributed by atoms with van der Waals surface area (Å²) in [7, 11) is 0. The van der Waals surface area contributed by atoms with Crippen molar-refractivity contribution in [3.63, 3.8) is 0 Å². The Morgan fingerprint density at radius 3 is 2.62 bits per heavy atom. The Hall–Kier alpha value is -2.48. The summed E-state index contributed by atoms with van der Waals surface area (Å²) in [6.45, 7) is 0. The van der Waals surface area contributed by atoms with E-state index in [0.717, 1.165) is 12.1 Å². The van der Waals surface area contributed by atoms with Crippen LogP contribution in [0.2, 0.25) is 0 Å². The molecule has 0 spiro atoms. The number of nitro groups is 1. The van der Waals surface area contributed by atoms with Crippen LogP contribution in [0.5, 0.6) is 0 Å². The lowest BCUT2D eigenvalue weighted by atomic mass is 10.1. The van der Waals surface area contributed by atoms with Crippen molar-refractivity contribution < 1.29 is 14.1 Å². The number of benzene rings is 2. The van der Waals surface area contributed by atoms with E-state index >= 15 is 0 Å². The lowest BCUT2D eigenvalue weighted by Gasteiger charge is -2.08. The van der Waals surface area contributed by atoms with Gasteiger partial charge in [0.25, 0.3) is 5.91 Å². The van der Waals surface area contributed by atoms with Gasteiger partial charge in [-0.15, -0.1) is 0 Å². The van der Waals surface area contributed by atoms with Crippen molar-refractivity contribution in [1.29, 1.82) is 0 Å². The number of nitrogen functional groups attached to an aromatic ring is 1. The Labute approximate surface area is 127 Å². The lowest BCUT2D eigenvalue weighted by Crippen LogP contribution is -2.14. The van der Waals surface area contributed by atoms with E-state index in [2.05, 4.69) is 21.2 Å². The lowest BCUT2D eigenvalue weighted by molar-refractivity contribution is -0.387. The van der Waals surface area contributed by atoms with E-state index < -0.39 is 22.3 Å². The van der Waals surface area contributed by atoms with Gasteiger partial charge in [-0.05, 0) is 30.3 Å². The molecule has 21 heavy (non-hydrogen) atoms. The molecule has 2 aromatic carbocycles. The van der Waals surface area contributed by atoms with E-state index in [0.29, 0.717) is 4.47 Å². The van der Waals surface area contributed by atoms with Crippen LogP contribution in [0.25, 0.3) is 0 Å². The topological polar surface area (TPSA) is 98.3 Å². The van der Waals surface area contributed by atoms with E-state index in [9.17, 15) is 19.3 Å². The standard InChI is InChI=1S/C13H9BrFN3O3/c14-7-1-3-9(11(16)5-7)13(19)17-8-2-4-10(15)12(6-8)18(20)21/h1-6H,16H2,(H,17,19). The maximum atomic E-state index is 13.2. The van der Waals surface area contributed by atoms with Crippen LogP contribution in [0, 0.1) is 15.9 Å². The van der Waals surface area contributed by atoms with Gasteiger partial charge in [0, 0.05) is 21.9 Å². The first-order valence-corrected chi connectivity index (χ1v) is 6.48. The van der Waals surface area contributed by atoms with Crippen molar-refractivity contribution in [1.82, 2.24) is 0 Å². The van der Waals surface area contributed by atoms with Crippen molar-refractivity contribution in [3.05, 3.63) is 62.4 Å². The number of rotatable bonds is 3. The van der Waals surface area contributed by atoms with E-state index in [4.69, 9.17) is 5.73 Å². The van der Waals surface area contributed by atoms with E-state index in [1.165, 1.54) is 12.1 Å². The van der Waals surface area contributed by atoms with Gasteiger partial charge in [0.2, 0.25) is 5.82 Å². The predicted molar refractivity (Wildman–Crippen MR) is 79.6 cm³/mol.